The van der Waals surface area contributed by atoms with Crippen LogP contribution in [0.25, 0.3) is 11.1 Å². The number of rotatable bonds is 4. The van der Waals surface area contributed by atoms with Gasteiger partial charge in [-0.15, -0.1) is 0 Å². The predicted octanol–water partition coefficient (Wildman–Crippen LogP) is 2.73. The molecule has 0 saturated heterocycles. The standard InChI is InChI=1S/C16H17NO4/c1-3-20-15(18)12-10-8-6-5-7-9-11(10)13(14(12)17)16(19)21-4-2/h5-9H,3-4,17H2,1-2H3/i5D,8D. The van der Waals surface area contributed by atoms with Crippen molar-refractivity contribution in [3.8, 4) is 11.1 Å². The molecule has 2 aliphatic rings. The van der Waals surface area contributed by atoms with Crippen LogP contribution in [0.4, 0.5) is 5.69 Å². The first-order valence-electron chi connectivity index (χ1n) is 7.58. The molecule has 0 heterocycles. The van der Waals surface area contributed by atoms with Crippen molar-refractivity contribution in [2.75, 3.05) is 18.9 Å². The Hall–Kier alpha value is -2.56. The van der Waals surface area contributed by atoms with E-state index in [2.05, 4.69) is 0 Å². The van der Waals surface area contributed by atoms with Crippen LogP contribution >= 0.6 is 0 Å². The molecule has 0 unspecified atom stereocenters. The lowest BCUT2D eigenvalue weighted by Crippen LogP contribution is -2.09. The summed E-state index contributed by atoms with van der Waals surface area (Å²) in [6, 6.07) is 4.19. The fourth-order valence-electron chi connectivity index (χ4n) is 2.11. The van der Waals surface area contributed by atoms with Crippen LogP contribution in [-0.4, -0.2) is 25.2 Å². The van der Waals surface area contributed by atoms with Gasteiger partial charge >= 0.3 is 11.9 Å². The molecule has 0 aromatic rings. The van der Waals surface area contributed by atoms with E-state index in [0.29, 0.717) is 5.56 Å². The van der Waals surface area contributed by atoms with Crippen molar-refractivity contribution in [3.05, 3.63) is 41.4 Å². The molecule has 0 amide bonds. The fraction of sp³-hybridized carbons (Fsp3) is 0.250. The van der Waals surface area contributed by atoms with Gasteiger partial charge in [-0.25, -0.2) is 9.59 Å². The molecule has 5 heteroatoms. The quantitative estimate of drug-likeness (QED) is 0.875. The van der Waals surface area contributed by atoms with Crippen LogP contribution in [-0.2, 0) is 9.47 Å². The Labute approximate surface area is 125 Å². The highest BCUT2D eigenvalue weighted by molar-refractivity contribution is 6.15. The minimum absolute atomic E-state index is 0.0222. The number of ether oxygens (including phenoxy) is 2. The molecular formula is C16H17NO4. The molecule has 2 aliphatic carbocycles. The van der Waals surface area contributed by atoms with Gasteiger partial charge in [0.25, 0.3) is 0 Å². The molecule has 21 heavy (non-hydrogen) atoms. The molecule has 2 rings (SSSR count). The maximum Gasteiger partial charge on any atom is 0.340 e. The third-order valence-electron chi connectivity index (χ3n) is 2.93. The van der Waals surface area contributed by atoms with Crippen molar-refractivity contribution >= 4 is 17.6 Å². The van der Waals surface area contributed by atoms with Crippen LogP contribution < -0.4 is 5.73 Å². The molecule has 5 nitrogen and oxygen atoms in total. The Kier molecular flexibility index (Phi) is 3.64. The van der Waals surface area contributed by atoms with Crippen LogP contribution in [0.3, 0.4) is 0 Å². The normalized spacial score (nSPS) is 11.7. The molecule has 2 N–H and O–H groups in total. The van der Waals surface area contributed by atoms with Crippen LogP contribution in [0.15, 0.2) is 30.3 Å². The SMILES string of the molecule is [2H]c1ccc2c(C(=O)OCC)c(N)c(C(=O)OCC)c-2c([2H])c1. The summed E-state index contributed by atoms with van der Waals surface area (Å²) in [5.74, 6) is -1.39. The molecule has 0 radical (unpaired) electrons. The highest BCUT2D eigenvalue weighted by atomic mass is 16.5. The van der Waals surface area contributed by atoms with Gasteiger partial charge < -0.3 is 15.2 Å². The first-order chi connectivity index (χ1) is 10.9. The number of carbonyl (C=O) groups excluding carboxylic acids is 2. The van der Waals surface area contributed by atoms with Gasteiger partial charge in [0.05, 0.1) is 32.8 Å². The van der Waals surface area contributed by atoms with E-state index >= 15 is 0 Å². The zero-order valence-corrected chi connectivity index (χ0v) is 11.9. The molecule has 0 saturated carbocycles. The van der Waals surface area contributed by atoms with Gasteiger partial charge in [-0.05, 0) is 25.0 Å². The second-order valence-electron chi connectivity index (χ2n) is 4.18. The van der Waals surface area contributed by atoms with Crippen molar-refractivity contribution in [2.45, 2.75) is 13.8 Å². The molecule has 0 fully saturated rings. The minimum atomic E-state index is -0.711. The third-order valence-corrected chi connectivity index (χ3v) is 2.93. The predicted molar refractivity (Wildman–Crippen MR) is 79.4 cm³/mol. The Balaban J connectivity index is 2.82. The van der Waals surface area contributed by atoms with Crippen LogP contribution in [0, 0.1) is 0 Å². The van der Waals surface area contributed by atoms with Crippen molar-refractivity contribution in [2.24, 2.45) is 0 Å². The monoisotopic (exact) mass is 289 g/mol. The Morgan fingerprint density at radius 3 is 2.24 bits per heavy atom. The average molecular weight is 289 g/mol. The highest BCUT2D eigenvalue weighted by Crippen LogP contribution is 2.39. The van der Waals surface area contributed by atoms with E-state index in [9.17, 15) is 9.59 Å². The summed E-state index contributed by atoms with van der Waals surface area (Å²) in [4.78, 5) is 24.4. The molecule has 0 aliphatic heterocycles. The molecule has 0 bridgehead atoms. The summed E-state index contributed by atoms with van der Waals surface area (Å²) in [5.41, 5.74) is 6.39. The zero-order valence-electron chi connectivity index (χ0n) is 13.9. The van der Waals surface area contributed by atoms with Crippen molar-refractivity contribution < 1.29 is 21.8 Å². The topological polar surface area (TPSA) is 78.6 Å². The summed E-state index contributed by atoms with van der Waals surface area (Å²) in [6.07, 6.45) is 0. The van der Waals surface area contributed by atoms with Gasteiger partial charge in [-0.2, -0.15) is 0 Å². The number of fused-ring (bicyclic) bond motifs is 1. The number of anilines is 1. The van der Waals surface area contributed by atoms with Gasteiger partial charge in [0.2, 0.25) is 0 Å². The molecule has 0 aromatic heterocycles. The number of carbonyl (C=O) groups is 2. The van der Waals surface area contributed by atoms with Crippen LogP contribution in [0.1, 0.15) is 37.3 Å². The van der Waals surface area contributed by atoms with Crippen LogP contribution in [0.2, 0.25) is 0 Å². The number of hydrogen-bond donors (Lipinski definition) is 1. The Morgan fingerprint density at radius 1 is 1.10 bits per heavy atom. The molecule has 0 spiro atoms. The second kappa shape index (κ2) is 6.26. The summed E-state index contributed by atoms with van der Waals surface area (Å²) in [7, 11) is 0. The van der Waals surface area contributed by atoms with Gasteiger partial charge in [0.1, 0.15) is 0 Å². The number of nitrogens with two attached hydrogens (primary N) is 1. The average Bonchev–Trinajstić information content (AvgIpc) is 2.70. The van der Waals surface area contributed by atoms with E-state index in [4.69, 9.17) is 17.9 Å². The van der Waals surface area contributed by atoms with Gasteiger partial charge in [0, 0.05) is 0 Å². The first kappa shape index (κ1) is 12.2. The van der Waals surface area contributed by atoms with Crippen molar-refractivity contribution in [3.63, 3.8) is 0 Å². The van der Waals surface area contributed by atoms with E-state index in [0.717, 1.165) is 0 Å². The third kappa shape index (κ3) is 2.67. The highest BCUT2D eigenvalue weighted by Gasteiger charge is 2.30. The largest absolute Gasteiger partial charge is 0.462 e. The van der Waals surface area contributed by atoms with Gasteiger partial charge in [-0.3, -0.25) is 0 Å². The minimum Gasteiger partial charge on any atom is -0.462 e. The summed E-state index contributed by atoms with van der Waals surface area (Å²) in [5, 5.41) is 0. The molecule has 0 atom stereocenters. The lowest BCUT2D eigenvalue weighted by molar-refractivity contribution is 0.0525. The number of nitrogen functional groups attached to an aromatic ring is 1. The van der Waals surface area contributed by atoms with E-state index in [1.54, 1.807) is 13.8 Å². The summed E-state index contributed by atoms with van der Waals surface area (Å²) >= 11 is 0. The fourth-order valence-corrected chi connectivity index (χ4v) is 2.11. The van der Waals surface area contributed by atoms with E-state index < -0.39 is 11.9 Å². The van der Waals surface area contributed by atoms with E-state index in [-0.39, 0.29) is 47.7 Å². The zero-order chi connectivity index (χ0) is 17.1. The van der Waals surface area contributed by atoms with Gasteiger partial charge in [0.15, 0.2) is 0 Å². The lowest BCUT2D eigenvalue weighted by atomic mass is 10.1. The maximum absolute atomic E-state index is 12.2. The van der Waals surface area contributed by atoms with Crippen molar-refractivity contribution in [1.82, 2.24) is 0 Å². The van der Waals surface area contributed by atoms with E-state index in [1.165, 1.54) is 18.2 Å². The Bertz CT molecular complexity index is 746. The molecule has 110 valence electrons. The smallest absolute Gasteiger partial charge is 0.340 e. The molecular weight excluding hydrogens is 270 g/mol. The first-order valence-corrected chi connectivity index (χ1v) is 6.58. The Morgan fingerprint density at radius 2 is 1.67 bits per heavy atom. The summed E-state index contributed by atoms with van der Waals surface area (Å²) in [6.45, 7) is 3.59. The number of hydrogen-bond acceptors (Lipinski definition) is 5. The molecule has 0 aromatic carbocycles. The van der Waals surface area contributed by atoms with E-state index in [1.807, 2.05) is 0 Å². The van der Waals surface area contributed by atoms with Crippen molar-refractivity contribution in [1.29, 1.82) is 0 Å². The second-order valence-corrected chi connectivity index (χ2v) is 4.18. The van der Waals surface area contributed by atoms with Gasteiger partial charge in [-0.1, -0.05) is 30.3 Å². The van der Waals surface area contributed by atoms with Crippen LogP contribution in [0.5, 0.6) is 0 Å². The summed E-state index contributed by atoms with van der Waals surface area (Å²) < 4.78 is 25.8. The lowest BCUT2D eigenvalue weighted by Gasteiger charge is -2.03. The maximum atomic E-state index is 12.2. The number of esters is 2.